The van der Waals surface area contributed by atoms with Gasteiger partial charge in [0.2, 0.25) is 11.8 Å². The predicted octanol–water partition coefficient (Wildman–Crippen LogP) is 4.65. The maximum atomic E-state index is 13.2. The van der Waals surface area contributed by atoms with Crippen molar-refractivity contribution >= 4 is 22.8 Å². The second-order valence-corrected chi connectivity index (χ2v) is 11.8. The molecule has 7 nitrogen and oxygen atoms in total. The van der Waals surface area contributed by atoms with Gasteiger partial charge in [0.25, 0.3) is 0 Å². The lowest BCUT2D eigenvalue weighted by Crippen LogP contribution is -2.54. The number of nitrogens with zero attached hydrogens (tertiary/aromatic N) is 4. The van der Waals surface area contributed by atoms with Gasteiger partial charge in [-0.15, -0.1) is 0 Å². The zero-order valence-corrected chi connectivity index (χ0v) is 19.4. The van der Waals surface area contributed by atoms with Crippen LogP contribution in [0.5, 0.6) is 0 Å². The van der Waals surface area contributed by atoms with Crippen LogP contribution >= 0.6 is 0 Å². The fraction of sp³-hybridized carbons (Fsp3) is 0.600. The van der Waals surface area contributed by atoms with E-state index in [1.807, 2.05) is 6.07 Å². The summed E-state index contributed by atoms with van der Waals surface area (Å²) in [7, 11) is 1.74. The number of hydrogen-bond acceptors (Lipinski definition) is 4. The average Bonchev–Trinajstić information content (AvgIpc) is 3.05. The molecule has 4 aliphatic carbocycles. The van der Waals surface area contributed by atoms with E-state index in [1.54, 1.807) is 18.1 Å². The first-order valence-corrected chi connectivity index (χ1v) is 12.2. The normalized spacial score (nSPS) is 28.2. The third-order valence-electron chi connectivity index (χ3n) is 9.00. The van der Waals surface area contributed by atoms with Crippen LogP contribution in [-0.2, 0) is 17.6 Å². The molecule has 2 N–H and O–H groups in total. The van der Waals surface area contributed by atoms with Crippen LogP contribution in [0.1, 0.15) is 56.7 Å². The summed E-state index contributed by atoms with van der Waals surface area (Å²) >= 11 is 0. The van der Waals surface area contributed by atoms with E-state index in [2.05, 4.69) is 32.1 Å². The van der Waals surface area contributed by atoms with Gasteiger partial charge >= 0.3 is 0 Å². The maximum Gasteiger partial charge on any atom is 0.249 e. The highest BCUT2D eigenvalue weighted by Crippen LogP contribution is 2.65. The molecule has 0 aliphatic heterocycles. The molecular weight excluding hydrogens is 438 g/mol. The van der Waals surface area contributed by atoms with E-state index in [9.17, 15) is 13.6 Å². The summed E-state index contributed by atoms with van der Waals surface area (Å²) in [6.07, 6.45) is 6.84. The zero-order valence-electron chi connectivity index (χ0n) is 19.4. The number of carbonyl (C=O) groups excluding carboxylic acids is 1. The van der Waals surface area contributed by atoms with Crippen molar-refractivity contribution in [1.82, 2.24) is 25.1 Å². The van der Waals surface area contributed by atoms with Gasteiger partial charge in [-0.2, -0.15) is 5.10 Å². The number of halogens is 2. The highest BCUT2D eigenvalue weighted by atomic mass is 19.3. The van der Waals surface area contributed by atoms with E-state index in [0.29, 0.717) is 29.0 Å². The lowest BCUT2D eigenvalue weighted by Gasteiger charge is -2.57. The first kappa shape index (κ1) is 20.5. The topological polar surface area (TPSA) is 90.6 Å². The lowest BCUT2D eigenvalue weighted by atomic mass is 9.50. The molecule has 34 heavy (non-hydrogen) atoms. The number of rotatable bonds is 4. The van der Waals surface area contributed by atoms with Crippen molar-refractivity contribution in [2.45, 2.75) is 64.2 Å². The summed E-state index contributed by atoms with van der Waals surface area (Å²) < 4.78 is 26.5. The van der Waals surface area contributed by atoms with Crippen molar-refractivity contribution < 1.29 is 13.6 Å². The number of hydrogen-bond donors (Lipinski definition) is 2. The minimum Gasteiger partial charge on any atom is -0.335 e. The molecule has 178 valence electrons. The zero-order chi connectivity index (χ0) is 23.5. The molecule has 4 aliphatic rings. The van der Waals surface area contributed by atoms with Crippen LogP contribution in [0.2, 0.25) is 0 Å². The molecular formula is C25H28F2N6O. The lowest BCUT2D eigenvalue weighted by molar-refractivity contribution is -0.207. The fourth-order valence-corrected chi connectivity index (χ4v) is 7.01. The summed E-state index contributed by atoms with van der Waals surface area (Å²) in [5.41, 5.74) is 5.61. The number of carbonyl (C=O) groups is 1. The van der Waals surface area contributed by atoms with Crippen LogP contribution < -0.4 is 4.90 Å². The van der Waals surface area contributed by atoms with Crippen molar-refractivity contribution in [2.75, 3.05) is 11.9 Å². The van der Waals surface area contributed by atoms with Crippen LogP contribution in [0.25, 0.3) is 22.7 Å². The molecule has 9 heteroatoms. The molecule has 1 amide bonds. The molecule has 0 radical (unpaired) electrons. The van der Waals surface area contributed by atoms with E-state index in [-0.39, 0.29) is 30.1 Å². The minimum absolute atomic E-state index is 0.0115. The highest BCUT2D eigenvalue weighted by molar-refractivity contribution is 5.94. The largest absolute Gasteiger partial charge is 0.335 e. The number of imidazole rings is 1. The Kier molecular flexibility index (Phi) is 3.88. The Labute approximate surface area is 195 Å². The third-order valence-corrected chi connectivity index (χ3v) is 9.00. The molecule has 2 atom stereocenters. The summed E-state index contributed by atoms with van der Waals surface area (Å²) in [5.74, 6) is -0.881. The Morgan fingerprint density at radius 1 is 1.26 bits per heavy atom. The second-order valence-electron chi connectivity index (χ2n) is 11.8. The van der Waals surface area contributed by atoms with E-state index < -0.39 is 5.92 Å². The Bertz CT molecular complexity index is 1330. The maximum absolute atomic E-state index is 13.2. The van der Waals surface area contributed by atoms with E-state index in [4.69, 9.17) is 0 Å². The second kappa shape index (κ2) is 6.43. The Morgan fingerprint density at radius 3 is 2.82 bits per heavy atom. The quantitative estimate of drug-likeness (QED) is 0.586. The van der Waals surface area contributed by atoms with Gasteiger partial charge in [0, 0.05) is 37.6 Å². The first-order valence-electron chi connectivity index (χ1n) is 12.2. The molecule has 3 saturated carbocycles. The van der Waals surface area contributed by atoms with Gasteiger partial charge in [-0.3, -0.25) is 9.89 Å². The van der Waals surface area contributed by atoms with Gasteiger partial charge in [0.15, 0.2) is 11.5 Å². The number of anilines is 1. The third kappa shape index (κ3) is 3.04. The van der Waals surface area contributed by atoms with E-state index >= 15 is 0 Å². The van der Waals surface area contributed by atoms with Gasteiger partial charge in [0.05, 0.1) is 17.4 Å². The molecule has 3 fully saturated rings. The van der Waals surface area contributed by atoms with Crippen molar-refractivity contribution in [3.63, 3.8) is 0 Å². The summed E-state index contributed by atoms with van der Waals surface area (Å²) in [4.78, 5) is 27.0. The Hall–Kier alpha value is -2.84. The molecule has 0 aromatic carbocycles. The number of nitrogens with one attached hydrogen (secondary N) is 2. The van der Waals surface area contributed by atoms with Crippen LogP contribution in [0.3, 0.4) is 0 Å². The van der Waals surface area contributed by atoms with Crippen LogP contribution in [-0.4, -0.2) is 44.0 Å². The number of alkyl halides is 2. The number of fused-ring (bicyclic) bond motifs is 3. The number of pyridine rings is 1. The van der Waals surface area contributed by atoms with E-state index in [0.717, 1.165) is 42.8 Å². The Balaban J connectivity index is 1.06. The molecule has 7 rings (SSSR count). The van der Waals surface area contributed by atoms with Crippen LogP contribution in [0.15, 0.2) is 12.3 Å². The standard InChI is InChI=1S/C25H28F2N6O/c1-23-8-14(23)4-16-18(9-23)31-32-20(16)22-29-17-5-15(10-28-21(17)30-22)33(2)19(34)3-13-6-24(7-13)11-25(26,27)12-24/h5,10,13-14H,3-4,6-9,11-12H2,1-2H3,(H,31,32)(H,28,29,30)/t14?,23-/m1/s1. The van der Waals surface area contributed by atoms with E-state index in [1.165, 1.54) is 17.7 Å². The molecule has 3 aromatic heterocycles. The smallest absolute Gasteiger partial charge is 0.249 e. The number of aromatic amines is 2. The number of H-pyrrole nitrogens is 2. The van der Waals surface area contributed by atoms with Crippen LogP contribution in [0.4, 0.5) is 14.5 Å². The molecule has 1 unspecified atom stereocenters. The van der Waals surface area contributed by atoms with Gasteiger partial charge in [-0.25, -0.2) is 18.7 Å². The molecule has 0 bridgehead atoms. The fourth-order valence-electron chi connectivity index (χ4n) is 7.01. The monoisotopic (exact) mass is 466 g/mol. The van der Waals surface area contributed by atoms with Gasteiger partial charge in [-0.1, -0.05) is 6.92 Å². The van der Waals surface area contributed by atoms with Gasteiger partial charge in [0.1, 0.15) is 5.69 Å². The minimum atomic E-state index is -2.50. The number of amides is 1. The van der Waals surface area contributed by atoms with Crippen molar-refractivity contribution in [1.29, 1.82) is 0 Å². The van der Waals surface area contributed by atoms with Gasteiger partial charge < -0.3 is 9.88 Å². The SMILES string of the molecule is CN(C(=O)CC1CC2(C1)CC(F)(F)C2)c1cnc2nc(-c3n[nH]c4c3CC3C[C@]3(C)C4)[nH]c2c1. The average molecular weight is 467 g/mol. The number of aromatic nitrogens is 5. The molecule has 1 spiro atoms. The predicted molar refractivity (Wildman–Crippen MR) is 122 cm³/mol. The summed E-state index contributed by atoms with van der Waals surface area (Å²) in [6, 6.07) is 1.89. The van der Waals surface area contributed by atoms with Gasteiger partial charge in [-0.05, 0) is 60.8 Å². The molecule has 0 saturated heterocycles. The first-order chi connectivity index (χ1) is 16.1. The van der Waals surface area contributed by atoms with Crippen molar-refractivity contribution in [3.05, 3.63) is 23.5 Å². The van der Waals surface area contributed by atoms with Crippen molar-refractivity contribution in [3.8, 4) is 11.5 Å². The molecule has 3 heterocycles. The molecule has 3 aromatic rings. The Morgan fingerprint density at radius 2 is 2.06 bits per heavy atom. The summed E-state index contributed by atoms with van der Waals surface area (Å²) in [5, 5.41) is 7.78. The highest BCUT2D eigenvalue weighted by Gasteiger charge is 2.61. The summed E-state index contributed by atoms with van der Waals surface area (Å²) in [6.45, 7) is 2.35. The van der Waals surface area contributed by atoms with Crippen molar-refractivity contribution in [2.24, 2.45) is 22.7 Å². The van der Waals surface area contributed by atoms with Crippen LogP contribution in [0, 0.1) is 22.7 Å².